The Kier molecular flexibility index (Phi) is 12.2. The molecule has 3 aliphatic carbocycles. The summed E-state index contributed by atoms with van der Waals surface area (Å²) in [4.78, 5) is 0. The van der Waals surface area contributed by atoms with Crippen molar-refractivity contribution in [2.24, 2.45) is 29.6 Å². The molecular formula is C37H56. The van der Waals surface area contributed by atoms with Crippen LogP contribution in [-0.4, -0.2) is 0 Å². The molecule has 0 unspecified atom stereocenters. The minimum atomic E-state index is 0.755. The average Bonchev–Trinajstić information content (AvgIpc) is 2.96. The molecule has 3 fully saturated rings. The quantitative estimate of drug-likeness (QED) is 0.221. The Labute approximate surface area is 230 Å². The average molecular weight is 501 g/mol. The second-order valence-corrected chi connectivity index (χ2v) is 13.1. The van der Waals surface area contributed by atoms with Crippen molar-refractivity contribution in [1.82, 2.24) is 0 Å². The standard InChI is InChI=1S/C37H56/c1-3-5-7-11-31-16-24-35(25-17-31)37-28-20-33(21-29-37)13-9-8-12-32-18-26-36(27-19-32)34-22-14-30(15-23-34)10-6-4-2/h8,12,20-21,28-32,34-36H,3-7,10-11,14-19,22-27H2,1-2H3/b12-8+. The molecule has 0 atom stereocenters. The maximum Gasteiger partial charge on any atom is 0.0249 e. The van der Waals surface area contributed by atoms with Crippen molar-refractivity contribution in [2.75, 3.05) is 0 Å². The summed E-state index contributed by atoms with van der Waals surface area (Å²) in [5, 5.41) is 0. The van der Waals surface area contributed by atoms with E-state index in [0.717, 1.165) is 35.5 Å². The van der Waals surface area contributed by atoms with Gasteiger partial charge in [-0.1, -0.05) is 102 Å². The van der Waals surface area contributed by atoms with Crippen molar-refractivity contribution < 1.29 is 0 Å². The Balaban J connectivity index is 1.14. The van der Waals surface area contributed by atoms with E-state index < -0.39 is 0 Å². The summed E-state index contributed by atoms with van der Waals surface area (Å²) in [5.41, 5.74) is 2.71. The smallest absolute Gasteiger partial charge is 0.0249 e. The first-order valence-corrected chi connectivity index (χ1v) is 16.5. The van der Waals surface area contributed by atoms with Gasteiger partial charge in [-0.05, 0) is 123 Å². The minimum Gasteiger partial charge on any atom is -0.0730 e. The molecule has 1 aromatic rings. The molecule has 3 aliphatic rings. The van der Waals surface area contributed by atoms with E-state index in [0.29, 0.717) is 0 Å². The van der Waals surface area contributed by atoms with Gasteiger partial charge in [0.1, 0.15) is 0 Å². The summed E-state index contributed by atoms with van der Waals surface area (Å²) < 4.78 is 0. The minimum absolute atomic E-state index is 0.755. The lowest BCUT2D eigenvalue weighted by atomic mass is 9.68. The zero-order valence-corrected chi connectivity index (χ0v) is 24.4. The molecule has 0 nitrogen and oxygen atoms in total. The summed E-state index contributed by atoms with van der Waals surface area (Å²) in [6.07, 6.45) is 31.9. The van der Waals surface area contributed by atoms with Crippen molar-refractivity contribution in [3.8, 4) is 11.8 Å². The molecule has 0 heteroatoms. The number of unbranched alkanes of at least 4 members (excludes halogenated alkanes) is 3. The van der Waals surface area contributed by atoms with E-state index in [1.54, 1.807) is 5.56 Å². The Bertz CT molecular complexity index is 824. The Hall–Kier alpha value is -1.48. The Morgan fingerprint density at radius 1 is 0.649 bits per heavy atom. The highest BCUT2D eigenvalue weighted by Crippen LogP contribution is 2.42. The fourth-order valence-corrected chi connectivity index (χ4v) is 7.87. The number of rotatable bonds is 10. The molecule has 4 rings (SSSR count). The fraction of sp³-hybridized carbons (Fsp3) is 0.730. The molecular weight excluding hydrogens is 444 g/mol. The lowest BCUT2D eigenvalue weighted by Gasteiger charge is -2.37. The van der Waals surface area contributed by atoms with Crippen LogP contribution >= 0.6 is 0 Å². The number of hydrogen-bond donors (Lipinski definition) is 0. The summed E-state index contributed by atoms with van der Waals surface area (Å²) in [5.74, 6) is 12.3. The predicted molar refractivity (Wildman–Crippen MR) is 162 cm³/mol. The van der Waals surface area contributed by atoms with Crippen LogP contribution in [0.5, 0.6) is 0 Å². The fourth-order valence-electron chi connectivity index (χ4n) is 7.87. The molecule has 0 amide bonds. The summed E-state index contributed by atoms with van der Waals surface area (Å²) in [6, 6.07) is 9.22. The summed E-state index contributed by atoms with van der Waals surface area (Å²) in [7, 11) is 0. The second-order valence-electron chi connectivity index (χ2n) is 13.1. The van der Waals surface area contributed by atoms with Gasteiger partial charge in [-0.3, -0.25) is 0 Å². The van der Waals surface area contributed by atoms with Crippen LogP contribution in [0.3, 0.4) is 0 Å². The molecule has 3 saturated carbocycles. The van der Waals surface area contributed by atoms with Crippen LogP contribution in [0.4, 0.5) is 0 Å². The maximum atomic E-state index is 3.39. The first kappa shape index (κ1) is 28.5. The lowest BCUT2D eigenvalue weighted by molar-refractivity contribution is 0.152. The van der Waals surface area contributed by atoms with E-state index in [1.165, 1.54) is 128 Å². The second kappa shape index (κ2) is 15.8. The monoisotopic (exact) mass is 500 g/mol. The highest BCUT2D eigenvalue weighted by Gasteiger charge is 2.30. The molecule has 0 aromatic heterocycles. The molecule has 37 heavy (non-hydrogen) atoms. The largest absolute Gasteiger partial charge is 0.0730 e. The van der Waals surface area contributed by atoms with Crippen molar-refractivity contribution in [3.63, 3.8) is 0 Å². The third kappa shape index (κ3) is 9.34. The van der Waals surface area contributed by atoms with E-state index in [2.05, 4.69) is 62.1 Å². The SMILES string of the molecule is CCCCCC1CCC(c2ccc(C#C/C=C/C3CCC(C4CCC(CCCC)CC4)CC3)cc2)CC1. The van der Waals surface area contributed by atoms with Crippen molar-refractivity contribution >= 4 is 0 Å². The van der Waals surface area contributed by atoms with Gasteiger partial charge in [0.15, 0.2) is 0 Å². The summed E-state index contributed by atoms with van der Waals surface area (Å²) >= 11 is 0. The molecule has 0 saturated heterocycles. The van der Waals surface area contributed by atoms with Gasteiger partial charge in [-0.2, -0.15) is 0 Å². The van der Waals surface area contributed by atoms with Crippen LogP contribution in [0.2, 0.25) is 0 Å². The number of allylic oxidation sites excluding steroid dienone is 2. The van der Waals surface area contributed by atoms with E-state index in [-0.39, 0.29) is 0 Å². The Morgan fingerprint density at radius 2 is 1.22 bits per heavy atom. The van der Waals surface area contributed by atoms with Crippen molar-refractivity contribution in [2.45, 2.75) is 142 Å². The van der Waals surface area contributed by atoms with E-state index >= 15 is 0 Å². The number of benzene rings is 1. The maximum absolute atomic E-state index is 3.39. The van der Waals surface area contributed by atoms with Gasteiger partial charge >= 0.3 is 0 Å². The van der Waals surface area contributed by atoms with Crippen LogP contribution in [0.15, 0.2) is 36.4 Å². The van der Waals surface area contributed by atoms with Gasteiger partial charge in [-0.25, -0.2) is 0 Å². The third-order valence-corrected chi connectivity index (χ3v) is 10.5. The van der Waals surface area contributed by atoms with E-state index in [1.807, 2.05) is 0 Å². The first-order valence-electron chi connectivity index (χ1n) is 16.5. The predicted octanol–water partition coefficient (Wildman–Crippen LogP) is 11.3. The molecule has 0 heterocycles. The number of hydrogen-bond acceptors (Lipinski definition) is 0. The van der Waals surface area contributed by atoms with Crippen LogP contribution in [0.25, 0.3) is 0 Å². The van der Waals surface area contributed by atoms with Crippen LogP contribution in [0.1, 0.15) is 153 Å². The molecule has 0 radical (unpaired) electrons. The highest BCUT2D eigenvalue weighted by molar-refractivity contribution is 5.39. The van der Waals surface area contributed by atoms with Crippen LogP contribution in [-0.2, 0) is 0 Å². The van der Waals surface area contributed by atoms with E-state index in [9.17, 15) is 0 Å². The van der Waals surface area contributed by atoms with Crippen molar-refractivity contribution in [1.29, 1.82) is 0 Å². The zero-order chi connectivity index (χ0) is 25.7. The van der Waals surface area contributed by atoms with Gasteiger partial charge in [0, 0.05) is 5.56 Å². The van der Waals surface area contributed by atoms with Crippen molar-refractivity contribution in [3.05, 3.63) is 47.5 Å². The van der Waals surface area contributed by atoms with E-state index in [4.69, 9.17) is 0 Å². The van der Waals surface area contributed by atoms with Gasteiger partial charge in [0.2, 0.25) is 0 Å². The molecule has 0 bridgehead atoms. The molecule has 1 aromatic carbocycles. The zero-order valence-electron chi connectivity index (χ0n) is 24.4. The molecule has 0 aliphatic heterocycles. The topological polar surface area (TPSA) is 0 Å². The normalized spacial score (nSPS) is 30.6. The highest BCUT2D eigenvalue weighted by atomic mass is 14.4. The Morgan fingerprint density at radius 3 is 1.84 bits per heavy atom. The van der Waals surface area contributed by atoms with Crippen LogP contribution < -0.4 is 0 Å². The molecule has 204 valence electrons. The lowest BCUT2D eigenvalue weighted by Crippen LogP contribution is -2.25. The molecule has 0 spiro atoms. The van der Waals surface area contributed by atoms with Gasteiger partial charge < -0.3 is 0 Å². The molecule has 0 N–H and O–H groups in total. The summed E-state index contributed by atoms with van der Waals surface area (Å²) in [6.45, 7) is 4.65. The van der Waals surface area contributed by atoms with Gasteiger partial charge in [0.05, 0.1) is 0 Å². The first-order chi connectivity index (χ1) is 18.2. The third-order valence-electron chi connectivity index (χ3n) is 10.5. The van der Waals surface area contributed by atoms with Gasteiger partial charge in [0.25, 0.3) is 0 Å². The van der Waals surface area contributed by atoms with Crippen LogP contribution in [0, 0.1) is 41.4 Å². The van der Waals surface area contributed by atoms with Gasteiger partial charge in [-0.15, -0.1) is 0 Å².